The Bertz CT molecular complexity index is 668. The van der Waals surface area contributed by atoms with Crippen molar-refractivity contribution in [2.45, 2.75) is 25.7 Å². The van der Waals surface area contributed by atoms with Gasteiger partial charge in [-0.25, -0.2) is 4.98 Å². The van der Waals surface area contributed by atoms with Gasteiger partial charge in [-0.05, 0) is 37.8 Å². The van der Waals surface area contributed by atoms with Crippen molar-refractivity contribution in [1.29, 1.82) is 0 Å². The second-order valence-electron chi connectivity index (χ2n) is 4.99. The molecule has 4 nitrogen and oxygen atoms in total. The smallest absolute Gasteiger partial charge is 0.257 e. The molecule has 108 valence electrons. The van der Waals surface area contributed by atoms with Crippen LogP contribution in [0, 0.1) is 0 Å². The number of rotatable bonds is 3. The SMILES string of the molecule is NC(=S)c1ccc(C(=O)Nc2nc3c(s2)CCCC3)cc1. The van der Waals surface area contributed by atoms with Crippen molar-refractivity contribution in [3.63, 3.8) is 0 Å². The van der Waals surface area contributed by atoms with Crippen LogP contribution >= 0.6 is 23.6 Å². The Morgan fingerprint density at radius 1 is 1.19 bits per heavy atom. The van der Waals surface area contributed by atoms with E-state index in [1.807, 2.05) is 0 Å². The third-order valence-corrected chi connectivity index (χ3v) is 4.81. The first-order chi connectivity index (χ1) is 10.1. The van der Waals surface area contributed by atoms with Crippen LogP contribution in [0.2, 0.25) is 0 Å². The number of carbonyl (C=O) groups is 1. The fourth-order valence-corrected chi connectivity index (χ4v) is 3.54. The second-order valence-corrected chi connectivity index (χ2v) is 6.52. The zero-order valence-corrected chi connectivity index (χ0v) is 13.0. The highest BCUT2D eigenvalue weighted by Crippen LogP contribution is 2.29. The zero-order chi connectivity index (χ0) is 14.8. The molecule has 0 saturated heterocycles. The maximum absolute atomic E-state index is 12.2. The van der Waals surface area contributed by atoms with Gasteiger partial charge < -0.3 is 5.73 Å². The van der Waals surface area contributed by atoms with Crippen LogP contribution in [0.15, 0.2) is 24.3 Å². The van der Waals surface area contributed by atoms with Gasteiger partial charge in [0, 0.05) is 16.0 Å². The van der Waals surface area contributed by atoms with E-state index < -0.39 is 0 Å². The number of fused-ring (bicyclic) bond motifs is 1. The number of aromatic nitrogens is 1. The first-order valence-electron chi connectivity index (χ1n) is 6.83. The monoisotopic (exact) mass is 317 g/mol. The maximum atomic E-state index is 12.2. The van der Waals surface area contributed by atoms with Crippen LogP contribution in [-0.4, -0.2) is 15.9 Å². The Hall–Kier alpha value is -1.79. The molecular weight excluding hydrogens is 302 g/mol. The molecule has 0 spiro atoms. The summed E-state index contributed by atoms with van der Waals surface area (Å²) >= 11 is 6.48. The van der Waals surface area contributed by atoms with E-state index >= 15 is 0 Å². The summed E-state index contributed by atoms with van der Waals surface area (Å²) in [7, 11) is 0. The van der Waals surface area contributed by atoms with Crippen molar-refractivity contribution in [1.82, 2.24) is 4.98 Å². The molecule has 1 aliphatic carbocycles. The third-order valence-electron chi connectivity index (χ3n) is 3.50. The van der Waals surface area contributed by atoms with E-state index in [2.05, 4.69) is 10.3 Å². The van der Waals surface area contributed by atoms with Gasteiger partial charge in [0.2, 0.25) is 0 Å². The Kier molecular flexibility index (Phi) is 3.98. The van der Waals surface area contributed by atoms with Crippen LogP contribution in [0.3, 0.4) is 0 Å². The van der Waals surface area contributed by atoms with E-state index in [-0.39, 0.29) is 5.91 Å². The van der Waals surface area contributed by atoms with Gasteiger partial charge in [-0.1, -0.05) is 24.4 Å². The summed E-state index contributed by atoms with van der Waals surface area (Å²) in [5.41, 5.74) is 8.01. The summed E-state index contributed by atoms with van der Waals surface area (Å²) in [4.78, 5) is 18.3. The molecule has 0 unspecified atom stereocenters. The highest BCUT2D eigenvalue weighted by atomic mass is 32.1. The minimum Gasteiger partial charge on any atom is -0.389 e. The average molecular weight is 317 g/mol. The number of amides is 1. The number of thiocarbonyl (C=S) groups is 1. The lowest BCUT2D eigenvalue weighted by Crippen LogP contribution is -2.13. The molecule has 3 N–H and O–H groups in total. The number of nitrogens with zero attached hydrogens (tertiary/aromatic N) is 1. The van der Waals surface area contributed by atoms with Gasteiger partial charge in [0.15, 0.2) is 5.13 Å². The number of hydrogen-bond acceptors (Lipinski definition) is 4. The number of nitrogens with two attached hydrogens (primary N) is 1. The van der Waals surface area contributed by atoms with Crippen LogP contribution in [0.4, 0.5) is 5.13 Å². The van der Waals surface area contributed by atoms with Crippen molar-refractivity contribution in [3.8, 4) is 0 Å². The van der Waals surface area contributed by atoms with Crippen LogP contribution in [-0.2, 0) is 12.8 Å². The molecule has 1 aromatic heterocycles. The summed E-state index contributed by atoms with van der Waals surface area (Å²) in [6.07, 6.45) is 4.49. The molecule has 2 aromatic rings. The standard InChI is InChI=1S/C15H15N3OS2/c16-13(20)9-5-7-10(8-6-9)14(19)18-15-17-11-3-1-2-4-12(11)21-15/h5-8H,1-4H2,(H2,16,20)(H,17,18,19). The molecule has 0 aliphatic heterocycles. The molecule has 21 heavy (non-hydrogen) atoms. The van der Waals surface area contributed by atoms with Crippen LogP contribution in [0.1, 0.15) is 39.3 Å². The van der Waals surface area contributed by atoms with E-state index in [0.29, 0.717) is 15.7 Å². The van der Waals surface area contributed by atoms with E-state index in [1.165, 1.54) is 17.7 Å². The van der Waals surface area contributed by atoms with Crippen molar-refractivity contribution in [3.05, 3.63) is 46.0 Å². The van der Waals surface area contributed by atoms with Gasteiger partial charge in [0.1, 0.15) is 4.99 Å². The predicted octanol–water partition coefficient (Wildman–Crippen LogP) is 2.91. The number of aryl methyl sites for hydroxylation is 2. The zero-order valence-electron chi connectivity index (χ0n) is 11.4. The van der Waals surface area contributed by atoms with Gasteiger partial charge in [-0.3, -0.25) is 10.1 Å². The summed E-state index contributed by atoms with van der Waals surface area (Å²) in [5, 5.41) is 3.55. The van der Waals surface area contributed by atoms with Crippen LogP contribution in [0.5, 0.6) is 0 Å². The van der Waals surface area contributed by atoms with E-state index in [0.717, 1.165) is 24.1 Å². The number of hydrogen-bond donors (Lipinski definition) is 2. The van der Waals surface area contributed by atoms with Crippen molar-refractivity contribution in [2.75, 3.05) is 5.32 Å². The molecule has 6 heteroatoms. The topological polar surface area (TPSA) is 68.0 Å². The predicted molar refractivity (Wildman–Crippen MR) is 89.0 cm³/mol. The van der Waals surface area contributed by atoms with Gasteiger partial charge >= 0.3 is 0 Å². The Labute approximate surface area is 132 Å². The third kappa shape index (κ3) is 3.11. The molecule has 1 aliphatic rings. The molecular formula is C15H15N3OS2. The molecule has 0 fully saturated rings. The summed E-state index contributed by atoms with van der Waals surface area (Å²) in [6.45, 7) is 0. The Balaban J connectivity index is 1.73. The van der Waals surface area contributed by atoms with Gasteiger partial charge in [0.25, 0.3) is 5.91 Å². The van der Waals surface area contributed by atoms with E-state index in [4.69, 9.17) is 18.0 Å². The Morgan fingerprint density at radius 3 is 2.52 bits per heavy atom. The molecule has 0 atom stereocenters. The molecule has 0 saturated carbocycles. The number of carbonyl (C=O) groups excluding carboxylic acids is 1. The first kappa shape index (κ1) is 14.2. The fraction of sp³-hybridized carbons (Fsp3) is 0.267. The minimum atomic E-state index is -0.157. The second kappa shape index (κ2) is 5.91. The number of nitrogens with one attached hydrogen (secondary N) is 1. The number of thiazole rings is 1. The summed E-state index contributed by atoms with van der Waals surface area (Å²) in [5.74, 6) is -0.157. The van der Waals surface area contributed by atoms with Crippen molar-refractivity contribution < 1.29 is 4.79 Å². The quantitative estimate of drug-likeness (QED) is 0.854. The maximum Gasteiger partial charge on any atom is 0.257 e. The van der Waals surface area contributed by atoms with E-state index in [9.17, 15) is 4.79 Å². The van der Waals surface area contributed by atoms with Gasteiger partial charge in [-0.15, -0.1) is 11.3 Å². The number of benzene rings is 1. The van der Waals surface area contributed by atoms with Crippen LogP contribution in [0.25, 0.3) is 0 Å². The summed E-state index contributed by atoms with van der Waals surface area (Å²) in [6, 6.07) is 6.95. The molecule has 0 bridgehead atoms. The minimum absolute atomic E-state index is 0.157. The van der Waals surface area contributed by atoms with Crippen molar-refractivity contribution in [2.24, 2.45) is 5.73 Å². The summed E-state index contributed by atoms with van der Waals surface area (Å²) < 4.78 is 0. The fourth-order valence-electron chi connectivity index (χ4n) is 2.36. The molecule has 3 rings (SSSR count). The van der Waals surface area contributed by atoms with E-state index in [1.54, 1.807) is 35.6 Å². The van der Waals surface area contributed by atoms with Gasteiger partial charge in [-0.2, -0.15) is 0 Å². The first-order valence-corrected chi connectivity index (χ1v) is 8.06. The lowest BCUT2D eigenvalue weighted by atomic mass is 10.0. The average Bonchev–Trinajstić information content (AvgIpc) is 2.89. The largest absolute Gasteiger partial charge is 0.389 e. The molecule has 1 aromatic carbocycles. The van der Waals surface area contributed by atoms with Crippen molar-refractivity contribution >= 4 is 39.6 Å². The normalized spacial score (nSPS) is 13.5. The lowest BCUT2D eigenvalue weighted by molar-refractivity contribution is 0.102. The number of anilines is 1. The lowest BCUT2D eigenvalue weighted by Gasteiger charge is -2.06. The highest BCUT2D eigenvalue weighted by molar-refractivity contribution is 7.80. The van der Waals surface area contributed by atoms with Crippen LogP contribution < -0.4 is 11.1 Å². The Morgan fingerprint density at radius 2 is 1.86 bits per heavy atom. The molecule has 1 heterocycles. The molecule has 0 radical (unpaired) electrons. The highest BCUT2D eigenvalue weighted by Gasteiger charge is 2.16. The van der Waals surface area contributed by atoms with Gasteiger partial charge in [0.05, 0.1) is 5.69 Å². The molecule has 1 amide bonds.